The molecule has 0 aromatic heterocycles. The second-order valence-corrected chi connectivity index (χ2v) is 7.25. The summed E-state index contributed by atoms with van der Waals surface area (Å²) >= 11 is 0. The molecule has 1 fully saturated rings. The average molecular weight is 396 g/mol. The second-order valence-electron chi connectivity index (χ2n) is 7.25. The normalized spacial score (nSPS) is 14.0. The highest BCUT2D eigenvalue weighted by atomic mass is 16.6. The molecule has 2 aromatic rings. The van der Waals surface area contributed by atoms with E-state index < -0.39 is 4.92 Å². The Labute approximate surface area is 169 Å². The number of para-hydroxylation sites is 1. The van der Waals surface area contributed by atoms with Crippen LogP contribution >= 0.6 is 0 Å². The molecule has 29 heavy (non-hydrogen) atoms. The molecule has 0 bridgehead atoms. The molecule has 1 saturated heterocycles. The molecule has 0 unspecified atom stereocenters. The smallest absolute Gasteiger partial charge is 0.293 e. The minimum absolute atomic E-state index is 0.0732. The van der Waals surface area contributed by atoms with Crippen LogP contribution in [0.25, 0.3) is 0 Å². The molecule has 8 heteroatoms. The highest BCUT2D eigenvalue weighted by molar-refractivity contribution is 5.96. The van der Waals surface area contributed by atoms with Crippen molar-refractivity contribution in [2.75, 3.05) is 31.5 Å². The van der Waals surface area contributed by atoms with Gasteiger partial charge in [-0.1, -0.05) is 32.0 Å². The van der Waals surface area contributed by atoms with Gasteiger partial charge in [-0.05, 0) is 24.3 Å². The van der Waals surface area contributed by atoms with Crippen molar-refractivity contribution in [2.24, 2.45) is 5.92 Å². The lowest BCUT2D eigenvalue weighted by Crippen LogP contribution is -2.51. The predicted octanol–water partition coefficient (Wildman–Crippen LogP) is 3.28. The molecule has 1 aliphatic heterocycles. The van der Waals surface area contributed by atoms with Crippen molar-refractivity contribution in [3.8, 4) is 0 Å². The molecule has 8 nitrogen and oxygen atoms in total. The van der Waals surface area contributed by atoms with Crippen LogP contribution in [0.5, 0.6) is 0 Å². The molecule has 1 heterocycles. The maximum absolute atomic E-state index is 12.8. The number of nitro benzene ring substituents is 1. The second kappa shape index (κ2) is 8.72. The van der Waals surface area contributed by atoms with Gasteiger partial charge >= 0.3 is 0 Å². The van der Waals surface area contributed by atoms with Gasteiger partial charge in [-0.3, -0.25) is 19.7 Å². The molecule has 0 atom stereocenters. The minimum atomic E-state index is -0.499. The highest BCUT2D eigenvalue weighted by Crippen LogP contribution is 2.29. The number of rotatable bonds is 5. The number of hydrogen-bond acceptors (Lipinski definition) is 5. The molecule has 1 aliphatic rings. The molecule has 0 spiro atoms. The largest absolute Gasteiger partial charge is 0.350 e. The number of carbonyl (C=O) groups excluding carboxylic acids is 2. The number of benzene rings is 2. The van der Waals surface area contributed by atoms with Gasteiger partial charge in [0.1, 0.15) is 5.69 Å². The van der Waals surface area contributed by atoms with Crippen molar-refractivity contribution in [3.05, 3.63) is 64.2 Å². The number of anilines is 2. The zero-order valence-corrected chi connectivity index (χ0v) is 16.5. The van der Waals surface area contributed by atoms with Crippen LogP contribution in [0.2, 0.25) is 0 Å². The number of nitrogens with zero attached hydrogens (tertiary/aromatic N) is 3. The monoisotopic (exact) mass is 396 g/mol. The van der Waals surface area contributed by atoms with Gasteiger partial charge < -0.3 is 15.1 Å². The quantitative estimate of drug-likeness (QED) is 0.618. The van der Waals surface area contributed by atoms with Crippen molar-refractivity contribution in [2.45, 2.75) is 13.8 Å². The van der Waals surface area contributed by atoms with Crippen LogP contribution in [0, 0.1) is 16.0 Å². The fraction of sp³-hybridized carbons (Fsp3) is 0.333. The van der Waals surface area contributed by atoms with Crippen molar-refractivity contribution < 1.29 is 14.5 Å². The number of nitrogens with one attached hydrogen (secondary N) is 1. The topological polar surface area (TPSA) is 95.8 Å². The van der Waals surface area contributed by atoms with E-state index in [9.17, 15) is 19.7 Å². The summed E-state index contributed by atoms with van der Waals surface area (Å²) in [6.07, 6.45) is 0. The Hall–Kier alpha value is -3.42. The van der Waals surface area contributed by atoms with Crippen LogP contribution in [-0.2, 0) is 4.79 Å². The van der Waals surface area contributed by atoms with E-state index >= 15 is 0 Å². The third-order valence-corrected chi connectivity index (χ3v) is 4.87. The predicted molar refractivity (Wildman–Crippen MR) is 110 cm³/mol. The molecular weight excluding hydrogens is 372 g/mol. The van der Waals surface area contributed by atoms with E-state index in [-0.39, 0.29) is 29.0 Å². The van der Waals surface area contributed by atoms with Crippen LogP contribution in [-0.4, -0.2) is 52.7 Å². The summed E-state index contributed by atoms with van der Waals surface area (Å²) in [4.78, 5) is 39.4. The van der Waals surface area contributed by atoms with Crippen molar-refractivity contribution in [3.63, 3.8) is 0 Å². The molecule has 152 valence electrons. The first kappa shape index (κ1) is 20.3. The number of hydrogen-bond donors (Lipinski definition) is 1. The van der Waals surface area contributed by atoms with E-state index in [1.54, 1.807) is 34.1 Å². The Morgan fingerprint density at radius 3 is 2.21 bits per heavy atom. The average Bonchev–Trinajstić information content (AvgIpc) is 2.73. The van der Waals surface area contributed by atoms with E-state index in [0.717, 1.165) is 5.69 Å². The van der Waals surface area contributed by atoms with Crippen LogP contribution in [0.3, 0.4) is 0 Å². The van der Waals surface area contributed by atoms with E-state index in [1.165, 1.54) is 6.07 Å². The molecule has 0 saturated carbocycles. The fourth-order valence-corrected chi connectivity index (χ4v) is 3.28. The molecular formula is C21H24N4O4. The third-order valence-electron chi connectivity index (χ3n) is 4.87. The SMILES string of the molecule is CC(C)C(=O)N1CCN(C(=O)c2ccc(Nc3ccccc3)c([N+](=O)[O-])c2)CC1. The van der Waals surface area contributed by atoms with E-state index in [4.69, 9.17) is 0 Å². The van der Waals surface area contributed by atoms with Crippen LogP contribution in [0.4, 0.5) is 17.1 Å². The van der Waals surface area contributed by atoms with Gasteiger partial charge in [0.25, 0.3) is 11.6 Å². The van der Waals surface area contributed by atoms with E-state index in [2.05, 4.69) is 5.32 Å². The summed E-state index contributed by atoms with van der Waals surface area (Å²) in [7, 11) is 0. The van der Waals surface area contributed by atoms with Crippen molar-refractivity contribution in [1.82, 2.24) is 9.80 Å². The Morgan fingerprint density at radius 2 is 1.62 bits per heavy atom. The van der Waals surface area contributed by atoms with Gasteiger partial charge in [-0.25, -0.2) is 0 Å². The molecule has 1 N–H and O–H groups in total. The number of amides is 2. The zero-order valence-electron chi connectivity index (χ0n) is 16.5. The molecule has 0 aliphatic carbocycles. The summed E-state index contributed by atoms with van der Waals surface area (Å²) in [5.74, 6) is -0.273. The summed E-state index contributed by atoms with van der Waals surface area (Å²) in [5, 5.41) is 14.6. The van der Waals surface area contributed by atoms with Gasteiger partial charge in [0.05, 0.1) is 4.92 Å². The molecule has 2 aromatic carbocycles. The van der Waals surface area contributed by atoms with Crippen molar-refractivity contribution in [1.29, 1.82) is 0 Å². The summed E-state index contributed by atoms with van der Waals surface area (Å²) in [6, 6.07) is 13.6. The van der Waals surface area contributed by atoms with E-state index in [0.29, 0.717) is 31.9 Å². The first-order valence-electron chi connectivity index (χ1n) is 9.55. The number of nitro groups is 1. The molecule has 2 amide bonds. The van der Waals surface area contributed by atoms with Gasteiger partial charge in [-0.15, -0.1) is 0 Å². The summed E-state index contributed by atoms with van der Waals surface area (Å²) < 4.78 is 0. The van der Waals surface area contributed by atoms with Gasteiger partial charge in [0.2, 0.25) is 5.91 Å². The first-order chi connectivity index (χ1) is 13.9. The fourth-order valence-electron chi connectivity index (χ4n) is 3.28. The Balaban J connectivity index is 1.74. The van der Waals surface area contributed by atoms with E-state index in [1.807, 2.05) is 32.0 Å². The lowest BCUT2D eigenvalue weighted by molar-refractivity contribution is -0.383. The lowest BCUT2D eigenvalue weighted by Gasteiger charge is -2.35. The molecule has 3 rings (SSSR count). The Morgan fingerprint density at radius 1 is 1.00 bits per heavy atom. The van der Waals surface area contributed by atoms with Crippen LogP contribution < -0.4 is 5.32 Å². The maximum atomic E-state index is 12.8. The number of piperazine rings is 1. The van der Waals surface area contributed by atoms with Gasteiger partial charge in [0, 0.05) is 49.4 Å². The Bertz CT molecular complexity index is 906. The zero-order chi connectivity index (χ0) is 21.0. The minimum Gasteiger partial charge on any atom is -0.350 e. The summed E-state index contributed by atoms with van der Waals surface area (Å²) in [6.45, 7) is 5.47. The maximum Gasteiger partial charge on any atom is 0.293 e. The first-order valence-corrected chi connectivity index (χ1v) is 9.55. The molecule has 0 radical (unpaired) electrons. The van der Waals surface area contributed by atoms with Crippen LogP contribution in [0.15, 0.2) is 48.5 Å². The Kier molecular flexibility index (Phi) is 6.11. The highest BCUT2D eigenvalue weighted by Gasteiger charge is 2.27. The standard InChI is InChI=1S/C21H24N4O4/c1-15(2)20(26)23-10-12-24(13-11-23)21(27)16-8-9-18(19(14-16)25(28)29)22-17-6-4-3-5-7-17/h3-9,14-15,22H,10-13H2,1-2H3. The lowest BCUT2D eigenvalue weighted by atomic mass is 10.1. The third kappa shape index (κ3) is 4.71. The summed E-state index contributed by atoms with van der Waals surface area (Å²) in [5.41, 5.74) is 1.15. The van der Waals surface area contributed by atoms with Crippen molar-refractivity contribution >= 4 is 28.9 Å². The van der Waals surface area contributed by atoms with Gasteiger partial charge in [-0.2, -0.15) is 0 Å². The van der Waals surface area contributed by atoms with Gasteiger partial charge in [0.15, 0.2) is 0 Å². The number of carbonyl (C=O) groups is 2. The van der Waals surface area contributed by atoms with Crippen LogP contribution in [0.1, 0.15) is 24.2 Å².